The quantitative estimate of drug-likeness (QED) is 0.688. The first kappa shape index (κ1) is 18.9. The highest BCUT2D eigenvalue weighted by Gasteiger charge is 2.37. The van der Waals surface area contributed by atoms with Crippen molar-refractivity contribution < 1.29 is 9.18 Å². The van der Waals surface area contributed by atoms with Gasteiger partial charge in [-0.3, -0.25) is 14.1 Å². The molecular weight excluding hydrogens is 385 g/mol. The molecule has 5 heterocycles. The number of pyridine rings is 1. The zero-order chi connectivity index (χ0) is 20.9. The second-order valence-corrected chi connectivity index (χ2v) is 8.77. The molecular formula is C21H24FN7O. The molecule has 1 amide bonds. The molecule has 0 unspecified atom stereocenters. The highest BCUT2D eigenvalue weighted by molar-refractivity contribution is 5.95. The molecule has 2 N–H and O–H groups in total. The number of hydrogen-bond donors (Lipinski definition) is 2. The van der Waals surface area contributed by atoms with Gasteiger partial charge in [-0.15, -0.1) is 0 Å². The number of hydrogen-bond acceptors (Lipinski definition) is 6. The maximum atomic E-state index is 13.9. The smallest absolute Gasteiger partial charge is 0.228 e. The Balaban J connectivity index is 1.48. The van der Waals surface area contributed by atoms with Crippen LogP contribution in [0.5, 0.6) is 0 Å². The van der Waals surface area contributed by atoms with Crippen molar-refractivity contribution in [2.45, 2.75) is 32.5 Å². The first-order valence-corrected chi connectivity index (χ1v) is 10.1. The number of halogens is 1. The predicted octanol–water partition coefficient (Wildman–Crippen LogP) is 2.28. The summed E-state index contributed by atoms with van der Waals surface area (Å²) < 4.78 is 15.8. The highest BCUT2D eigenvalue weighted by atomic mass is 19.1. The number of fused-ring (bicyclic) bond motifs is 1. The van der Waals surface area contributed by atoms with Gasteiger partial charge >= 0.3 is 0 Å². The van der Waals surface area contributed by atoms with Gasteiger partial charge in [0, 0.05) is 26.1 Å². The molecule has 0 spiro atoms. The molecule has 2 aliphatic rings. The summed E-state index contributed by atoms with van der Waals surface area (Å²) in [4.78, 5) is 27.7. The van der Waals surface area contributed by atoms with Crippen LogP contribution in [-0.4, -0.2) is 57.1 Å². The van der Waals surface area contributed by atoms with E-state index >= 15 is 0 Å². The molecule has 0 radical (unpaired) electrons. The Morgan fingerprint density at radius 1 is 1.23 bits per heavy atom. The normalized spacial score (nSPS) is 23.4. The Hall–Kier alpha value is -3.07. The number of imidazole rings is 1. The van der Waals surface area contributed by atoms with Gasteiger partial charge in [-0.2, -0.15) is 0 Å². The van der Waals surface area contributed by atoms with Gasteiger partial charge in [-0.1, -0.05) is 19.9 Å². The van der Waals surface area contributed by atoms with Gasteiger partial charge in [-0.05, 0) is 17.5 Å². The lowest BCUT2D eigenvalue weighted by atomic mass is 9.93. The molecule has 2 atom stereocenters. The molecule has 3 aromatic rings. The molecule has 0 bridgehead atoms. The fraction of sp³-hybridized carbons (Fsp3) is 0.429. The average molecular weight is 409 g/mol. The number of nitrogens with one attached hydrogen (secondary N) is 2. The summed E-state index contributed by atoms with van der Waals surface area (Å²) in [7, 11) is 0. The second kappa shape index (κ2) is 7.02. The molecule has 2 aliphatic heterocycles. The summed E-state index contributed by atoms with van der Waals surface area (Å²) in [6, 6.07) is 5.30. The van der Waals surface area contributed by atoms with E-state index in [1.165, 1.54) is 0 Å². The van der Waals surface area contributed by atoms with Gasteiger partial charge in [-0.25, -0.2) is 19.3 Å². The Morgan fingerprint density at radius 3 is 2.83 bits per heavy atom. The molecule has 5 rings (SSSR count). The zero-order valence-electron chi connectivity index (χ0n) is 17.0. The van der Waals surface area contributed by atoms with E-state index in [0.29, 0.717) is 49.0 Å². The third kappa shape index (κ3) is 3.39. The minimum Gasteiger partial charge on any atom is -0.363 e. The van der Waals surface area contributed by atoms with E-state index in [1.54, 1.807) is 17.3 Å². The summed E-state index contributed by atoms with van der Waals surface area (Å²) in [6.07, 6.45) is 4.79. The van der Waals surface area contributed by atoms with Gasteiger partial charge < -0.3 is 10.6 Å². The number of carbonyl (C=O) groups is 1. The van der Waals surface area contributed by atoms with Crippen LogP contribution in [0.1, 0.15) is 20.3 Å². The van der Waals surface area contributed by atoms with E-state index < -0.39 is 6.17 Å². The molecule has 8 nitrogen and oxygen atoms in total. The number of anilines is 2. The van der Waals surface area contributed by atoms with Crippen molar-refractivity contribution in [1.29, 1.82) is 0 Å². The molecule has 9 heteroatoms. The number of amides is 1. The Morgan fingerprint density at radius 2 is 2.10 bits per heavy atom. The van der Waals surface area contributed by atoms with Crippen LogP contribution in [-0.2, 0) is 4.79 Å². The number of nitrogens with zero attached hydrogens (tertiary/aromatic N) is 5. The molecule has 0 aromatic carbocycles. The van der Waals surface area contributed by atoms with Gasteiger partial charge in [0.2, 0.25) is 5.91 Å². The summed E-state index contributed by atoms with van der Waals surface area (Å²) in [5, 5.41) is 6.20. The standard InChI is InChI=1S/C21H24FN7O/c1-21(2)6-20(30)29(12-21)19-11-28-16(9-24-18(28)10-25-19)14-4-3-5-17(26-14)27-15-8-23-7-13(15)22/h3-5,9-11,13,15,23H,6-8,12H2,1-2H3,(H,26,27)/t13-,15-/m0/s1. The summed E-state index contributed by atoms with van der Waals surface area (Å²) in [5.41, 5.74) is 2.09. The van der Waals surface area contributed by atoms with Crippen molar-refractivity contribution in [3.63, 3.8) is 0 Å². The topological polar surface area (TPSA) is 87.5 Å². The van der Waals surface area contributed by atoms with Gasteiger partial charge in [0.05, 0.1) is 36.0 Å². The van der Waals surface area contributed by atoms with E-state index in [4.69, 9.17) is 0 Å². The molecule has 3 aromatic heterocycles. The maximum absolute atomic E-state index is 13.9. The van der Waals surface area contributed by atoms with Crippen LogP contribution in [0.15, 0.2) is 36.8 Å². The molecule has 0 saturated carbocycles. The summed E-state index contributed by atoms with van der Waals surface area (Å²) in [6.45, 7) is 5.71. The van der Waals surface area contributed by atoms with Crippen LogP contribution in [0.25, 0.3) is 17.0 Å². The van der Waals surface area contributed by atoms with Crippen molar-refractivity contribution >= 4 is 23.2 Å². The highest BCUT2D eigenvalue weighted by Crippen LogP contribution is 2.33. The Kier molecular flexibility index (Phi) is 4.43. The zero-order valence-corrected chi connectivity index (χ0v) is 17.0. The van der Waals surface area contributed by atoms with Gasteiger partial charge in [0.25, 0.3) is 0 Å². The van der Waals surface area contributed by atoms with Crippen molar-refractivity contribution in [2.75, 3.05) is 29.9 Å². The molecule has 2 fully saturated rings. The van der Waals surface area contributed by atoms with Crippen LogP contribution in [0, 0.1) is 5.41 Å². The number of alkyl halides is 1. The van der Waals surface area contributed by atoms with Crippen LogP contribution < -0.4 is 15.5 Å². The van der Waals surface area contributed by atoms with E-state index in [9.17, 15) is 9.18 Å². The molecule has 2 saturated heterocycles. The largest absolute Gasteiger partial charge is 0.363 e. The average Bonchev–Trinajstić information content (AvgIpc) is 3.38. The third-order valence-electron chi connectivity index (χ3n) is 5.66. The van der Waals surface area contributed by atoms with Crippen LogP contribution in [0.4, 0.5) is 16.0 Å². The SMILES string of the molecule is CC1(C)CC(=O)N(c2cn3c(-c4cccc(N[C@H]5CNC[C@@H]5F)n4)cnc3cn2)C1. The predicted molar refractivity (Wildman–Crippen MR) is 112 cm³/mol. The second-order valence-electron chi connectivity index (χ2n) is 8.77. The van der Waals surface area contributed by atoms with Gasteiger partial charge in [0.15, 0.2) is 11.5 Å². The Labute approximate surface area is 173 Å². The number of carbonyl (C=O) groups excluding carboxylic acids is 1. The summed E-state index contributed by atoms with van der Waals surface area (Å²) in [5.74, 6) is 1.29. The maximum Gasteiger partial charge on any atom is 0.228 e. The Bertz CT molecular complexity index is 1110. The molecule has 30 heavy (non-hydrogen) atoms. The van der Waals surface area contributed by atoms with E-state index in [1.807, 2.05) is 28.8 Å². The lowest BCUT2D eigenvalue weighted by molar-refractivity contribution is -0.117. The monoisotopic (exact) mass is 409 g/mol. The van der Waals surface area contributed by atoms with Gasteiger partial charge in [0.1, 0.15) is 12.0 Å². The summed E-state index contributed by atoms with van der Waals surface area (Å²) >= 11 is 0. The van der Waals surface area contributed by atoms with Crippen molar-refractivity contribution in [3.8, 4) is 11.4 Å². The lowest BCUT2D eigenvalue weighted by Gasteiger charge is -2.19. The van der Waals surface area contributed by atoms with Crippen LogP contribution in [0.3, 0.4) is 0 Å². The van der Waals surface area contributed by atoms with E-state index in [0.717, 1.165) is 5.69 Å². The number of aromatic nitrogens is 4. The number of rotatable bonds is 4. The van der Waals surface area contributed by atoms with Crippen molar-refractivity contribution in [2.24, 2.45) is 5.41 Å². The molecule has 0 aliphatic carbocycles. The first-order valence-electron chi connectivity index (χ1n) is 10.1. The minimum absolute atomic E-state index is 0.0730. The van der Waals surface area contributed by atoms with Crippen molar-refractivity contribution in [3.05, 3.63) is 36.8 Å². The third-order valence-corrected chi connectivity index (χ3v) is 5.66. The minimum atomic E-state index is -0.942. The molecule has 156 valence electrons. The van der Waals surface area contributed by atoms with Crippen molar-refractivity contribution in [1.82, 2.24) is 24.7 Å². The van der Waals surface area contributed by atoms with E-state index in [2.05, 4.69) is 39.4 Å². The van der Waals surface area contributed by atoms with Crippen LogP contribution in [0.2, 0.25) is 0 Å². The van der Waals surface area contributed by atoms with Crippen LogP contribution >= 0.6 is 0 Å². The lowest BCUT2D eigenvalue weighted by Crippen LogP contribution is -2.29. The van der Waals surface area contributed by atoms with E-state index in [-0.39, 0.29) is 17.4 Å². The first-order chi connectivity index (χ1) is 14.4. The fourth-order valence-corrected chi connectivity index (χ4v) is 4.13. The fourth-order valence-electron chi connectivity index (χ4n) is 4.13.